The number of nitrogens with zero attached hydrogens (tertiary/aromatic N) is 2. The molecule has 0 radical (unpaired) electrons. The quantitative estimate of drug-likeness (QED) is 0.846. The molecule has 0 fully saturated rings. The average molecular weight is 225 g/mol. The predicted octanol–water partition coefficient (Wildman–Crippen LogP) is 1.77. The van der Waals surface area contributed by atoms with Gasteiger partial charge in [0.2, 0.25) is 6.43 Å². The lowest BCUT2D eigenvalue weighted by atomic mass is 10.2. The summed E-state index contributed by atoms with van der Waals surface area (Å²) in [6.45, 7) is 0. The number of hydrogen-bond donors (Lipinski definition) is 1. The topological polar surface area (TPSA) is 60.9 Å². The number of carbonyl (C=O) groups is 1. The number of fused-ring (bicyclic) bond motifs is 1. The molecule has 0 bridgehead atoms. The normalized spacial score (nSPS) is 11.2. The second-order valence-corrected chi connectivity index (χ2v) is 3.33. The Bertz CT molecular complexity index is 536. The van der Waals surface area contributed by atoms with Crippen molar-refractivity contribution in [2.45, 2.75) is 12.8 Å². The van der Waals surface area contributed by atoms with Gasteiger partial charge in [0.25, 0.3) is 0 Å². The second kappa shape index (κ2) is 3.88. The van der Waals surface area contributed by atoms with Crippen LogP contribution in [0, 0.1) is 0 Å². The maximum Gasteiger partial charge on any atom is 0.323 e. The molecule has 2 heterocycles. The lowest BCUT2D eigenvalue weighted by molar-refractivity contribution is 0.148. The lowest BCUT2D eigenvalue weighted by Crippen LogP contribution is -2.18. The van der Waals surface area contributed by atoms with Crippen molar-refractivity contribution in [3.63, 3.8) is 0 Å². The zero-order valence-corrected chi connectivity index (χ0v) is 8.23. The Morgan fingerprint density at radius 3 is 2.81 bits per heavy atom. The summed E-state index contributed by atoms with van der Waals surface area (Å²) >= 11 is 0. The number of aromatic nitrogens is 2. The largest absolute Gasteiger partial charge is 0.351 e. The highest BCUT2D eigenvalue weighted by Crippen LogP contribution is 2.15. The van der Waals surface area contributed by atoms with Gasteiger partial charge in [-0.25, -0.2) is 13.6 Å². The molecule has 0 spiro atoms. The molecule has 0 aliphatic heterocycles. The van der Waals surface area contributed by atoms with Crippen molar-refractivity contribution >= 4 is 17.1 Å². The molecule has 0 aliphatic carbocycles. The number of pyridine rings is 1. The smallest absolute Gasteiger partial charge is 0.323 e. The number of nitrogens with two attached hydrogens (primary N) is 1. The maximum absolute atomic E-state index is 12.1. The molecule has 0 saturated carbocycles. The van der Waals surface area contributed by atoms with Gasteiger partial charge in [-0.05, 0) is 18.2 Å². The van der Waals surface area contributed by atoms with Crippen molar-refractivity contribution < 1.29 is 13.6 Å². The molecule has 2 rings (SSSR count). The van der Waals surface area contributed by atoms with Crippen LogP contribution in [-0.4, -0.2) is 22.0 Å². The summed E-state index contributed by atoms with van der Waals surface area (Å²) in [5.41, 5.74) is 6.42. The van der Waals surface area contributed by atoms with Crippen LogP contribution in [0.5, 0.6) is 0 Å². The van der Waals surface area contributed by atoms with E-state index in [-0.39, 0.29) is 0 Å². The molecule has 84 valence electrons. The molecule has 2 N–H and O–H groups in total. The maximum atomic E-state index is 12.1. The van der Waals surface area contributed by atoms with Gasteiger partial charge in [-0.15, -0.1) is 0 Å². The number of amides is 1. The summed E-state index contributed by atoms with van der Waals surface area (Å²) in [6.07, 6.45) is -1.35. The molecule has 0 aromatic carbocycles. The van der Waals surface area contributed by atoms with Crippen LogP contribution in [0.4, 0.5) is 13.6 Å². The van der Waals surface area contributed by atoms with Gasteiger partial charge in [0.15, 0.2) is 0 Å². The summed E-state index contributed by atoms with van der Waals surface area (Å²) in [7, 11) is 0. The van der Waals surface area contributed by atoms with E-state index in [1.54, 1.807) is 12.1 Å². The lowest BCUT2D eigenvalue weighted by Gasteiger charge is -2.01. The van der Waals surface area contributed by atoms with Gasteiger partial charge in [0.05, 0.1) is 17.5 Å². The van der Waals surface area contributed by atoms with Crippen molar-refractivity contribution in [3.05, 3.63) is 30.1 Å². The van der Waals surface area contributed by atoms with Crippen molar-refractivity contribution in [2.24, 2.45) is 5.73 Å². The first-order valence-corrected chi connectivity index (χ1v) is 4.63. The standard InChI is InChI=1S/C10H9F2N3O/c11-9(12)5-6-1-2-8-7(14-6)3-4-15(8)10(13)16/h1-4,9H,5H2,(H2,13,16). The second-order valence-electron chi connectivity index (χ2n) is 3.33. The van der Waals surface area contributed by atoms with Gasteiger partial charge in [0.1, 0.15) is 0 Å². The molecule has 2 aromatic heterocycles. The Kier molecular flexibility index (Phi) is 2.55. The Morgan fingerprint density at radius 1 is 1.44 bits per heavy atom. The van der Waals surface area contributed by atoms with Gasteiger partial charge in [-0.3, -0.25) is 9.55 Å². The fraction of sp³-hybridized carbons (Fsp3) is 0.200. The highest BCUT2D eigenvalue weighted by atomic mass is 19.3. The summed E-state index contributed by atoms with van der Waals surface area (Å²) in [5, 5.41) is 0. The number of rotatable bonds is 2. The van der Waals surface area contributed by atoms with Gasteiger partial charge in [-0.1, -0.05) is 0 Å². The molecular formula is C10H9F2N3O. The first-order chi connectivity index (χ1) is 7.58. The fourth-order valence-electron chi connectivity index (χ4n) is 1.53. The third kappa shape index (κ3) is 1.86. The number of primary amides is 1. The number of halogens is 2. The van der Waals surface area contributed by atoms with Gasteiger partial charge < -0.3 is 5.73 Å². The molecule has 2 aromatic rings. The highest BCUT2D eigenvalue weighted by Gasteiger charge is 2.09. The third-order valence-corrected chi connectivity index (χ3v) is 2.20. The molecule has 0 aliphatic rings. The molecule has 16 heavy (non-hydrogen) atoms. The van der Waals surface area contributed by atoms with E-state index >= 15 is 0 Å². The molecule has 1 amide bonds. The van der Waals surface area contributed by atoms with E-state index in [2.05, 4.69) is 4.98 Å². The average Bonchev–Trinajstić information content (AvgIpc) is 2.59. The first-order valence-electron chi connectivity index (χ1n) is 4.63. The zero-order chi connectivity index (χ0) is 11.7. The van der Waals surface area contributed by atoms with Crippen molar-refractivity contribution in [2.75, 3.05) is 0 Å². The fourth-order valence-corrected chi connectivity index (χ4v) is 1.53. The monoisotopic (exact) mass is 225 g/mol. The van der Waals surface area contributed by atoms with Crippen LogP contribution in [0.3, 0.4) is 0 Å². The van der Waals surface area contributed by atoms with E-state index in [9.17, 15) is 13.6 Å². The minimum absolute atomic E-state index is 0.296. The highest BCUT2D eigenvalue weighted by molar-refractivity contribution is 5.88. The Labute approximate surface area is 89.7 Å². The van der Waals surface area contributed by atoms with Crippen LogP contribution in [0.1, 0.15) is 5.69 Å². The SMILES string of the molecule is NC(=O)n1ccc2nc(CC(F)F)ccc21. The molecule has 0 unspecified atom stereocenters. The molecule has 6 heteroatoms. The van der Waals surface area contributed by atoms with Crippen LogP contribution in [0.2, 0.25) is 0 Å². The van der Waals surface area contributed by atoms with Gasteiger partial charge in [-0.2, -0.15) is 0 Å². The van der Waals surface area contributed by atoms with Crippen LogP contribution in [0.25, 0.3) is 11.0 Å². The third-order valence-electron chi connectivity index (χ3n) is 2.20. The van der Waals surface area contributed by atoms with E-state index in [1.807, 2.05) is 0 Å². The Morgan fingerprint density at radius 2 is 2.19 bits per heavy atom. The Balaban J connectivity index is 2.45. The summed E-state index contributed by atoms with van der Waals surface area (Å²) in [6, 6.07) is 3.96. The zero-order valence-electron chi connectivity index (χ0n) is 8.23. The van der Waals surface area contributed by atoms with Gasteiger partial charge in [0, 0.05) is 11.9 Å². The Hall–Kier alpha value is -1.98. The van der Waals surface area contributed by atoms with Crippen LogP contribution < -0.4 is 5.73 Å². The summed E-state index contributed by atoms with van der Waals surface area (Å²) in [5.74, 6) is 0. The van der Waals surface area contributed by atoms with E-state index in [1.165, 1.54) is 16.8 Å². The predicted molar refractivity (Wildman–Crippen MR) is 54.4 cm³/mol. The van der Waals surface area contributed by atoms with Crippen molar-refractivity contribution in [3.8, 4) is 0 Å². The minimum atomic E-state index is -2.43. The van der Waals surface area contributed by atoms with E-state index < -0.39 is 18.9 Å². The van der Waals surface area contributed by atoms with Crippen molar-refractivity contribution in [1.82, 2.24) is 9.55 Å². The molecule has 0 saturated heterocycles. The summed E-state index contributed by atoms with van der Waals surface area (Å²) in [4.78, 5) is 15.0. The minimum Gasteiger partial charge on any atom is -0.351 e. The number of alkyl halides is 2. The van der Waals surface area contributed by atoms with Crippen LogP contribution in [0.15, 0.2) is 24.4 Å². The molecular weight excluding hydrogens is 216 g/mol. The molecule has 0 atom stereocenters. The van der Waals surface area contributed by atoms with E-state index in [0.717, 1.165) is 0 Å². The summed E-state index contributed by atoms with van der Waals surface area (Å²) < 4.78 is 25.5. The van der Waals surface area contributed by atoms with Crippen molar-refractivity contribution in [1.29, 1.82) is 0 Å². The first kappa shape index (κ1) is 10.5. The number of hydrogen-bond acceptors (Lipinski definition) is 2. The van der Waals surface area contributed by atoms with Crippen LogP contribution in [-0.2, 0) is 6.42 Å². The van der Waals surface area contributed by atoms with Crippen LogP contribution >= 0.6 is 0 Å². The molecule has 4 nitrogen and oxygen atoms in total. The van der Waals surface area contributed by atoms with E-state index in [0.29, 0.717) is 16.7 Å². The number of carbonyl (C=O) groups excluding carboxylic acids is 1. The van der Waals surface area contributed by atoms with E-state index in [4.69, 9.17) is 5.73 Å². The van der Waals surface area contributed by atoms with Gasteiger partial charge >= 0.3 is 6.03 Å².